The van der Waals surface area contributed by atoms with Crippen LogP contribution in [0.15, 0.2) is 47.5 Å². The van der Waals surface area contributed by atoms with Crippen molar-refractivity contribution in [1.82, 2.24) is 14.8 Å². The van der Waals surface area contributed by atoms with Gasteiger partial charge in [-0.1, -0.05) is 42.1 Å². The smallest absolute Gasteiger partial charge is 0.192 e. The third kappa shape index (κ3) is 3.38. The highest BCUT2D eigenvalue weighted by Crippen LogP contribution is 2.37. The van der Waals surface area contributed by atoms with Crippen LogP contribution in [0.4, 0.5) is 0 Å². The quantitative estimate of drug-likeness (QED) is 0.407. The van der Waals surface area contributed by atoms with Crippen LogP contribution in [0.3, 0.4) is 0 Å². The molecule has 0 unspecified atom stereocenters. The zero-order valence-electron chi connectivity index (χ0n) is 15.1. The maximum Gasteiger partial charge on any atom is 0.192 e. The van der Waals surface area contributed by atoms with Crippen LogP contribution >= 0.6 is 23.1 Å². The highest BCUT2D eigenvalue weighted by Gasteiger charge is 2.22. The Hall–Kier alpha value is -1.85. The molecule has 3 nitrogen and oxygen atoms in total. The molecule has 1 aliphatic carbocycles. The van der Waals surface area contributed by atoms with Crippen LogP contribution < -0.4 is 0 Å². The predicted octanol–water partition coefficient (Wildman–Crippen LogP) is 5.67. The van der Waals surface area contributed by atoms with E-state index < -0.39 is 0 Å². The Morgan fingerprint density at radius 1 is 1.23 bits per heavy atom. The van der Waals surface area contributed by atoms with Gasteiger partial charge in [0.15, 0.2) is 11.0 Å². The molecular formula is C21H23N3S2. The number of hydrogen-bond donors (Lipinski definition) is 0. The van der Waals surface area contributed by atoms with E-state index >= 15 is 0 Å². The molecule has 0 atom stereocenters. The van der Waals surface area contributed by atoms with Crippen molar-refractivity contribution < 1.29 is 0 Å². The molecule has 0 N–H and O–H groups in total. The first-order valence-corrected chi connectivity index (χ1v) is 11.0. The molecule has 2 aromatic heterocycles. The molecule has 0 spiro atoms. The summed E-state index contributed by atoms with van der Waals surface area (Å²) in [4.78, 5) is 1.54. The van der Waals surface area contributed by atoms with Gasteiger partial charge in [-0.05, 0) is 49.3 Å². The minimum Gasteiger partial charge on any atom is -0.298 e. The van der Waals surface area contributed by atoms with Crippen LogP contribution in [-0.2, 0) is 25.1 Å². The molecule has 1 aromatic carbocycles. The van der Waals surface area contributed by atoms with Crippen LogP contribution in [0.5, 0.6) is 0 Å². The van der Waals surface area contributed by atoms with Crippen LogP contribution in [0.2, 0.25) is 0 Å². The number of benzene rings is 1. The lowest BCUT2D eigenvalue weighted by molar-refractivity contribution is 0.694. The second-order valence-electron chi connectivity index (χ2n) is 6.68. The Kier molecular flexibility index (Phi) is 5.27. The van der Waals surface area contributed by atoms with E-state index in [-0.39, 0.29) is 0 Å². The third-order valence-corrected chi connectivity index (χ3v) is 7.05. The fourth-order valence-corrected chi connectivity index (χ4v) is 5.63. The molecule has 0 aliphatic heterocycles. The molecule has 1 aliphatic rings. The van der Waals surface area contributed by atoms with Crippen LogP contribution in [0.1, 0.15) is 34.4 Å². The summed E-state index contributed by atoms with van der Waals surface area (Å²) in [5.74, 6) is 1.90. The SMILES string of the molecule is C=CCn1c(SCc2ccccc2C)nnc1-c1csc2c1CCCC2. The highest BCUT2D eigenvalue weighted by atomic mass is 32.2. The first-order chi connectivity index (χ1) is 12.8. The molecule has 0 saturated heterocycles. The van der Waals surface area contributed by atoms with Gasteiger partial charge in [-0.25, -0.2) is 0 Å². The standard InChI is InChI=1S/C21H23N3S2/c1-3-12-24-20(18-14-25-19-11-7-6-10-17(18)19)22-23-21(24)26-13-16-9-5-4-8-15(16)2/h3-5,8-9,14H,1,6-7,10-13H2,2H3. The van der Waals surface area contributed by atoms with Crippen molar-refractivity contribution in [2.45, 2.75) is 50.1 Å². The Morgan fingerprint density at radius 2 is 2.08 bits per heavy atom. The first kappa shape index (κ1) is 17.6. The largest absolute Gasteiger partial charge is 0.298 e. The molecule has 0 amide bonds. The lowest BCUT2D eigenvalue weighted by Crippen LogP contribution is -2.04. The Balaban J connectivity index is 1.64. The average molecular weight is 382 g/mol. The molecule has 0 saturated carbocycles. The monoisotopic (exact) mass is 381 g/mol. The summed E-state index contributed by atoms with van der Waals surface area (Å²) in [6, 6.07) is 8.53. The van der Waals surface area contributed by atoms with Crippen molar-refractivity contribution in [3.05, 3.63) is 63.9 Å². The van der Waals surface area contributed by atoms with Crippen molar-refractivity contribution in [3.8, 4) is 11.4 Å². The first-order valence-electron chi connectivity index (χ1n) is 9.09. The van der Waals surface area contributed by atoms with E-state index in [9.17, 15) is 0 Å². The third-order valence-electron chi connectivity index (χ3n) is 4.95. The van der Waals surface area contributed by atoms with Crippen molar-refractivity contribution in [1.29, 1.82) is 0 Å². The number of nitrogens with zero attached hydrogens (tertiary/aromatic N) is 3. The summed E-state index contributed by atoms with van der Waals surface area (Å²) in [7, 11) is 0. The van der Waals surface area contributed by atoms with E-state index in [1.165, 1.54) is 52.8 Å². The van der Waals surface area contributed by atoms with Gasteiger partial charge in [0.25, 0.3) is 0 Å². The van der Waals surface area contributed by atoms with Crippen molar-refractivity contribution in [2.75, 3.05) is 0 Å². The number of allylic oxidation sites excluding steroid dienone is 1. The molecule has 0 fully saturated rings. The van der Waals surface area contributed by atoms with Gasteiger partial charge < -0.3 is 0 Å². The van der Waals surface area contributed by atoms with Crippen LogP contribution in [0.25, 0.3) is 11.4 Å². The van der Waals surface area contributed by atoms with Crippen molar-refractivity contribution in [3.63, 3.8) is 0 Å². The van der Waals surface area contributed by atoms with E-state index in [1.807, 2.05) is 17.4 Å². The molecular weight excluding hydrogens is 358 g/mol. The van der Waals surface area contributed by atoms with Gasteiger partial charge >= 0.3 is 0 Å². The maximum absolute atomic E-state index is 4.57. The zero-order chi connectivity index (χ0) is 17.9. The number of aryl methyl sites for hydroxylation is 2. The number of hydrogen-bond acceptors (Lipinski definition) is 4. The van der Waals surface area contributed by atoms with Crippen LogP contribution in [-0.4, -0.2) is 14.8 Å². The minimum atomic E-state index is 0.739. The lowest BCUT2D eigenvalue weighted by atomic mass is 9.95. The Morgan fingerprint density at radius 3 is 2.92 bits per heavy atom. The second-order valence-corrected chi connectivity index (χ2v) is 8.59. The van der Waals surface area contributed by atoms with Gasteiger partial charge in [-0.15, -0.1) is 28.1 Å². The molecule has 2 heterocycles. The van der Waals surface area contributed by atoms with Gasteiger partial charge in [0, 0.05) is 28.1 Å². The normalized spacial score (nSPS) is 13.6. The van der Waals surface area contributed by atoms with Gasteiger partial charge in [0.2, 0.25) is 0 Å². The molecule has 134 valence electrons. The zero-order valence-corrected chi connectivity index (χ0v) is 16.7. The summed E-state index contributed by atoms with van der Waals surface area (Å²) in [5.41, 5.74) is 5.44. The van der Waals surface area contributed by atoms with Crippen molar-refractivity contribution >= 4 is 23.1 Å². The Bertz CT molecular complexity index is 923. The van der Waals surface area contributed by atoms with Gasteiger partial charge in [0.05, 0.1) is 0 Å². The number of fused-ring (bicyclic) bond motifs is 1. The number of thiophene rings is 1. The second kappa shape index (κ2) is 7.80. The average Bonchev–Trinajstić information content (AvgIpc) is 3.25. The predicted molar refractivity (Wildman–Crippen MR) is 111 cm³/mol. The van der Waals surface area contributed by atoms with Crippen LogP contribution in [0, 0.1) is 6.92 Å². The summed E-state index contributed by atoms with van der Waals surface area (Å²) in [5, 5.41) is 12.3. The molecule has 0 radical (unpaired) electrons. The Labute approximate surface area is 163 Å². The minimum absolute atomic E-state index is 0.739. The van der Waals surface area contributed by atoms with E-state index in [0.29, 0.717) is 0 Å². The highest BCUT2D eigenvalue weighted by molar-refractivity contribution is 7.98. The van der Waals surface area contributed by atoms with E-state index in [1.54, 1.807) is 11.8 Å². The van der Waals surface area contributed by atoms with Gasteiger partial charge in [0.1, 0.15) is 0 Å². The fraction of sp³-hybridized carbons (Fsp3) is 0.333. The van der Waals surface area contributed by atoms with E-state index in [2.05, 4.69) is 57.9 Å². The molecule has 3 aromatic rings. The summed E-state index contributed by atoms with van der Waals surface area (Å²) >= 11 is 3.64. The molecule has 0 bridgehead atoms. The number of rotatable bonds is 6. The summed E-state index contributed by atoms with van der Waals surface area (Å²) < 4.78 is 2.22. The van der Waals surface area contributed by atoms with E-state index in [0.717, 1.165) is 23.3 Å². The van der Waals surface area contributed by atoms with Crippen molar-refractivity contribution in [2.24, 2.45) is 0 Å². The lowest BCUT2D eigenvalue weighted by Gasteiger charge is -2.13. The summed E-state index contributed by atoms with van der Waals surface area (Å²) in [6.45, 7) is 6.84. The maximum atomic E-state index is 4.57. The number of thioether (sulfide) groups is 1. The van der Waals surface area contributed by atoms with E-state index in [4.69, 9.17) is 0 Å². The number of aromatic nitrogens is 3. The summed E-state index contributed by atoms with van der Waals surface area (Å²) in [6.07, 6.45) is 6.90. The fourth-order valence-electron chi connectivity index (χ4n) is 3.48. The molecule has 26 heavy (non-hydrogen) atoms. The molecule has 5 heteroatoms. The van der Waals surface area contributed by atoms with Gasteiger partial charge in [-0.2, -0.15) is 0 Å². The molecule has 4 rings (SSSR count). The van der Waals surface area contributed by atoms with Gasteiger partial charge in [-0.3, -0.25) is 4.57 Å². The topological polar surface area (TPSA) is 30.7 Å².